The van der Waals surface area contributed by atoms with Crippen LogP contribution < -0.4 is 0 Å². The predicted octanol–water partition coefficient (Wildman–Crippen LogP) is 5.64. The van der Waals surface area contributed by atoms with E-state index in [1.165, 1.54) is 0 Å². The van der Waals surface area contributed by atoms with E-state index in [0.717, 1.165) is 39.0 Å². The molecule has 7 heteroatoms. The van der Waals surface area contributed by atoms with Gasteiger partial charge in [0.2, 0.25) is 0 Å². The molecule has 2 aromatic carbocycles. The zero-order valence-corrected chi connectivity index (χ0v) is 19.5. The maximum Gasteiger partial charge on any atom is 0.354 e. The van der Waals surface area contributed by atoms with Crippen LogP contribution in [0.2, 0.25) is 0 Å². The van der Waals surface area contributed by atoms with Crippen molar-refractivity contribution in [2.24, 2.45) is 0 Å². The van der Waals surface area contributed by atoms with Crippen molar-refractivity contribution in [3.8, 4) is 22.6 Å². The molecule has 5 rings (SSSR count). The molecular weight excluding hydrogens is 436 g/mol. The highest BCUT2D eigenvalue weighted by molar-refractivity contribution is 7.90. The average Bonchev–Trinajstić information content (AvgIpc) is 3.41. The van der Waals surface area contributed by atoms with Crippen LogP contribution in [0.4, 0.5) is 0 Å². The topological polar surface area (TPSA) is 89.6 Å². The molecule has 6 nitrogen and oxygen atoms in total. The third kappa shape index (κ3) is 4.04. The van der Waals surface area contributed by atoms with Crippen molar-refractivity contribution in [1.82, 2.24) is 9.29 Å². The summed E-state index contributed by atoms with van der Waals surface area (Å²) in [6.07, 6.45) is 0. The smallest absolute Gasteiger partial charge is 0.354 e. The molecule has 0 aliphatic carbocycles. The summed E-state index contributed by atoms with van der Waals surface area (Å²) in [5.74, 6) is -0.345. The Kier molecular flexibility index (Phi) is 5.28. The number of nitrogens with zero attached hydrogens (tertiary/aromatic N) is 2. The molecule has 0 saturated heterocycles. The van der Waals surface area contributed by atoms with Crippen LogP contribution in [0.25, 0.3) is 33.6 Å². The summed E-state index contributed by atoms with van der Waals surface area (Å²) in [7, 11) is 0. The Morgan fingerprint density at radius 1 is 1.06 bits per heavy atom. The number of benzene rings is 2. The third-order valence-corrected chi connectivity index (χ3v) is 7.50. The molecule has 1 N–H and O–H groups in total. The van der Waals surface area contributed by atoms with E-state index in [1.807, 2.05) is 79.7 Å². The molecule has 0 fully saturated rings. The van der Waals surface area contributed by atoms with E-state index in [0.29, 0.717) is 18.8 Å². The van der Waals surface area contributed by atoms with Crippen LogP contribution in [-0.2, 0) is 24.5 Å². The maximum absolute atomic E-state index is 13.0. The van der Waals surface area contributed by atoms with Crippen molar-refractivity contribution < 1.29 is 18.9 Å². The number of aromatic carboxylic acids is 1. The van der Waals surface area contributed by atoms with Crippen molar-refractivity contribution in [3.63, 3.8) is 0 Å². The number of hydrogen-bond donors (Lipinski definition) is 1. The van der Waals surface area contributed by atoms with Gasteiger partial charge in [0.25, 0.3) is 0 Å². The summed E-state index contributed by atoms with van der Waals surface area (Å²) >= 11 is -1.22. The molecule has 0 spiro atoms. The first-order chi connectivity index (χ1) is 15.7. The average molecular weight is 461 g/mol. The summed E-state index contributed by atoms with van der Waals surface area (Å²) in [6, 6.07) is 19.2. The Morgan fingerprint density at radius 3 is 2.55 bits per heavy atom. The van der Waals surface area contributed by atoms with Gasteiger partial charge in [-0.05, 0) is 50.6 Å². The molecule has 1 aliphatic heterocycles. The molecule has 0 amide bonds. The molecule has 33 heavy (non-hydrogen) atoms. The fourth-order valence-electron chi connectivity index (χ4n) is 4.16. The fourth-order valence-corrected chi connectivity index (χ4v) is 5.44. The number of carbonyl (C=O) groups is 1. The summed E-state index contributed by atoms with van der Waals surface area (Å²) < 4.78 is 20.5. The lowest BCUT2D eigenvalue weighted by Gasteiger charge is -2.29. The molecule has 3 heterocycles. The molecular formula is C26H24N2O4S. The number of carboxylic acids is 1. The highest BCUT2D eigenvalue weighted by atomic mass is 32.2. The molecule has 1 unspecified atom stereocenters. The van der Waals surface area contributed by atoms with Crippen LogP contribution in [0.15, 0.2) is 65.1 Å². The van der Waals surface area contributed by atoms with Crippen LogP contribution in [-0.4, -0.2) is 29.7 Å². The van der Waals surface area contributed by atoms with Gasteiger partial charge in [-0.1, -0.05) is 36.4 Å². The van der Waals surface area contributed by atoms with E-state index < -0.39 is 22.1 Å². The van der Waals surface area contributed by atoms with Gasteiger partial charge < -0.3 is 14.1 Å². The molecule has 0 saturated carbocycles. The van der Waals surface area contributed by atoms with Crippen LogP contribution in [0.5, 0.6) is 0 Å². The van der Waals surface area contributed by atoms with Gasteiger partial charge in [-0.15, -0.1) is 4.31 Å². The minimum Gasteiger partial charge on any atom is -0.597 e. The van der Waals surface area contributed by atoms with Crippen molar-refractivity contribution >= 4 is 28.3 Å². The molecule has 0 bridgehead atoms. The van der Waals surface area contributed by atoms with Crippen molar-refractivity contribution in [2.75, 3.05) is 0 Å². The van der Waals surface area contributed by atoms with E-state index in [1.54, 1.807) is 6.07 Å². The lowest BCUT2D eigenvalue weighted by Crippen LogP contribution is -2.40. The summed E-state index contributed by atoms with van der Waals surface area (Å²) in [6.45, 7) is 6.69. The van der Waals surface area contributed by atoms with E-state index in [-0.39, 0.29) is 5.69 Å². The van der Waals surface area contributed by atoms with Gasteiger partial charge in [0.1, 0.15) is 21.8 Å². The number of furan rings is 1. The number of hydrogen-bond acceptors (Lipinski definition) is 5. The number of pyridine rings is 1. The van der Waals surface area contributed by atoms with Gasteiger partial charge in [0.05, 0.1) is 18.8 Å². The number of carboxylic acid groups (broad SMARTS) is 1. The standard InChI is InChI=1S/C26H24N2O4S/c1-26(2,3)33(31)28-14-19-12-21(25(29)30)27-24(20(19)15-28)18-9-6-8-16(11-18)23-13-17-7-4-5-10-22(17)32-23/h4-13H,14-15H2,1-3H3,(H,29,30). The second-order valence-corrected chi connectivity index (χ2v) is 11.4. The minimum absolute atomic E-state index is 0.0127. The van der Waals surface area contributed by atoms with Crippen LogP contribution in [0.1, 0.15) is 42.4 Å². The first-order valence-corrected chi connectivity index (χ1v) is 11.8. The molecule has 4 aromatic rings. The van der Waals surface area contributed by atoms with E-state index >= 15 is 0 Å². The Morgan fingerprint density at radius 2 is 1.82 bits per heavy atom. The Bertz CT molecular complexity index is 1340. The van der Waals surface area contributed by atoms with Gasteiger partial charge in [0, 0.05) is 33.4 Å². The third-order valence-electron chi connectivity index (χ3n) is 5.72. The maximum atomic E-state index is 13.0. The normalized spacial score (nSPS) is 15.0. The first-order valence-electron chi connectivity index (χ1n) is 10.7. The van der Waals surface area contributed by atoms with Crippen molar-refractivity contribution in [1.29, 1.82) is 0 Å². The summed E-state index contributed by atoms with van der Waals surface area (Å²) in [4.78, 5) is 16.3. The minimum atomic E-state index is -1.22. The highest BCUT2D eigenvalue weighted by Gasteiger charge is 2.38. The van der Waals surface area contributed by atoms with E-state index in [4.69, 9.17) is 4.42 Å². The van der Waals surface area contributed by atoms with Gasteiger partial charge in [-0.2, -0.15) is 0 Å². The molecule has 0 radical (unpaired) electrons. The molecule has 168 valence electrons. The molecule has 1 atom stereocenters. The van der Waals surface area contributed by atoms with E-state index in [9.17, 15) is 14.5 Å². The number of rotatable bonds is 4. The number of para-hydroxylation sites is 1. The van der Waals surface area contributed by atoms with Crippen LogP contribution in [0, 0.1) is 0 Å². The zero-order chi connectivity index (χ0) is 23.3. The van der Waals surface area contributed by atoms with Gasteiger partial charge >= 0.3 is 5.97 Å². The lowest BCUT2D eigenvalue weighted by molar-refractivity contribution is 0.0690. The monoisotopic (exact) mass is 460 g/mol. The largest absolute Gasteiger partial charge is 0.597 e. The quantitative estimate of drug-likeness (QED) is 0.397. The predicted molar refractivity (Wildman–Crippen MR) is 129 cm³/mol. The van der Waals surface area contributed by atoms with Crippen molar-refractivity contribution in [3.05, 3.63) is 77.5 Å². The van der Waals surface area contributed by atoms with Gasteiger partial charge in [-0.3, -0.25) is 0 Å². The van der Waals surface area contributed by atoms with Crippen LogP contribution in [0.3, 0.4) is 0 Å². The summed E-state index contributed by atoms with van der Waals surface area (Å²) in [5, 5.41) is 10.7. The van der Waals surface area contributed by atoms with Crippen molar-refractivity contribution in [2.45, 2.75) is 38.6 Å². The Labute approximate surface area is 195 Å². The van der Waals surface area contributed by atoms with Gasteiger partial charge in [-0.25, -0.2) is 9.78 Å². The summed E-state index contributed by atoms with van der Waals surface area (Å²) in [5.41, 5.74) is 4.86. The van der Waals surface area contributed by atoms with E-state index in [2.05, 4.69) is 4.98 Å². The second kappa shape index (κ2) is 8.02. The fraction of sp³-hybridized carbons (Fsp3) is 0.231. The number of fused-ring (bicyclic) bond motifs is 2. The van der Waals surface area contributed by atoms with Crippen LogP contribution >= 0.6 is 0 Å². The first kappa shape index (κ1) is 21.7. The lowest BCUT2D eigenvalue weighted by atomic mass is 9.99. The zero-order valence-electron chi connectivity index (χ0n) is 18.7. The Balaban J connectivity index is 1.59. The highest BCUT2D eigenvalue weighted by Crippen LogP contribution is 2.37. The van der Waals surface area contributed by atoms with Gasteiger partial charge in [0.15, 0.2) is 0 Å². The SMILES string of the molecule is CC(C)(C)[S+]([O-])N1Cc2cc(C(=O)O)nc(-c3cccc(-c4cc5ccccc5o4)c3)c2C1. The molecule has 2 aromatic heterocycles. The Hall–Kier alpha value is -3.13. The number of aromatic nitrogens is 1. The molecule has 1 aliphatic rings. The second-order valence-electron chi connectivity index (χ2n) is 9.19.